The highest BCUT2D eigenvalue weighted by Gasteiger charge is 2.06. The van der Waals surface area contributed by atoms with Crippen LogP contribution < -0.4 is 11.1 Å². The van der Waals surface area contributed by atoms with E-state index in [0.29, 0.717) is 17.1 Å². The number of aromatic nitrogens is 2. The minimum Gasteiger partial charge on any atom is -0.370 e. The molecule has 0 spiro atoms. The summed E-state index contributed by atoms with van der Waals surface area (Å²) < 4.78 is 13.4. The number of halogens is 1. The number of nitrogens with one attached hydrogen (secondary N) is 1. The van der Waals surface area contributed by atoms with Gasteiger partial charge in [-0.3, -0.25) is 0 Å². The van der Waals surface area contributed by atoms with Gasteiger partial charge in [-0.1, -0.05) is 42.5 Å². The third-order valence-corrected chi connectivity index (χ3v) is 3.65. The summed E-state index contributed by atoms with van der Waals surface area (Å²) in [5, 5.41) is 3.26. The Hall–Kier alpha value is -2.95. The Balaban J connectivity index is 1.64. The van der Waals surface area contributed by atoms with Gasteiger partial charge in [0.25, 0.3) is 0 Å². The first-order chi connectivity index (χ1) is 11.7. The Morgan fingerprint density at radius 2 is 1.79 bits per heavy atom. The molecule has 1 heterocycles. The molecule has 2 aromatic carbocycles. The second-order valence-electron chi connectivity index (χ2n) is 5.52. The lowest BCUT2D eigenvalue weighted by Gasteiger charge is -2.09. The van der Waals surface area contributed by atoms with Crippen molar-refractivity contribution in [2.75, 3.05) is 17.6 Å². The second-order valence-corrected chi connectivity index (χ2v) is 5.52. The Morgan fingerprint density at radius 1 is 0.958 bits per heavy atom. The predicted octanol–water partition coefficient (Wildman–Crippen LogP) is 3.91. The average Bonchev–Trinajstić information content (AvgIpc) is 2.59. The van der Waals surface area contributed by atoms with E-state index in [9.17, 15) is 4.39 Å². The number of hydrogen-bond donors (Lipinski definition) is 2. The maximum Gasteiger partial charge on any atom is 0.222 e. The fourth-order valence-electron chi connectivity index (χ4n) is 2.51. The summed E-state index contributed by atoms with van der Waals surface area (Å²) in [6.45, 7) is 0.772. The van der Waals surface area contributed by atoms with Crippen LogP contribution in [0.4, 0.5) is 16.2 Å². The molecule has 0 fully saturated rings. The van der Waals surface area contributed by atoms with Crippen LogP contribution in [0, 0.1) is 5.82 Å². The van der Waals surface area contributed by atoms with Crippen LogP contribution in [0.2, 0.25) is 0 Å². The number of aryl methyl sites for hydroxylation is 1. The van der Waals surface area contributed by atoms with Gasteiger partial charge in [0.2, 0.25) is 5.95 Å². The van der Waals surface area contributed by atoms with Crippen molar-refractivity contribution in [1.29, 1.82) is 0 Å². The molecule has 1 aromatic heterocycles. The molecular formula is C19H19FN4. The molecule has 0 saturated carbocycles. The average molecular weight is 322 g/mol. The third kappa shape index (κ3) is 4.29. The summed E-state index contributed by atoms with van der Waals surface area (Å²) in [6, 6.07) is 18.4. The number of nitrogens with two attached hydrogens (primary N) is 1. The minimum absolute atomic E-state index is 0.169. The molecule has 0 aliphatic rings. The Labute approximate surface area is 140 Å². The molecule has 24 heavy (non-hydrogen) atoms. The normalized spacial score (nSPS) is 10.5. The van der Waals surface area contributed by atoms with E-state index in [2.05, 4.69) is 27.4 Å². The smallest absolute Gasteiger partial charge is 0.222 e. The summed E-state index contributed by atoms with van der Waals surface area (Å²) in [7, 11) is 0. The van der Waals surface area contributed by atoms with Crippen LogP contribution in [-0.4, -0.2) is 16.5 Å². The summed E-state index contributed by atoms with van der Waals surface area (Å²) in [5.41, 5.74) is 8.36. The zero-order chi connectivity index (χ0) is 16.8. The third-order valence-electron chi connectivity index (χ3n) is 3.65. The molecule has 3 rings (SSSR count). The van der Waals surface area contributed by atoms with Crippen LogP contribution in [0.25, 0.3) is 11.3 Å². The number of nitrogen functional groups attached to an aromatic ring is 1. The van der Waals surface area contributed by atoms with Gasteiger partial charge >= 0.3 is 0 Å². The quantitative estimate of drug-likeness (QED) is 0.675. The van der Waals surface area contributed by atoms with Gasteiger partial charge in [-0.25, -0.2) is 9.37 Å². The summed E-state index contributed by atoms with van der Waals surface area (Å²) >= 11 is 0. The molecule has 4 nitrogen and oxygen atoms in total. The monoisotopic (exact) mass is 322 g/mol. The fourth-order valence-corrected chi connectivity index (χ4v) is 2.51. The van der Waals surface area contributed by atoms with E-state index in [1.54, 1.807) is 18.2 Å². The lowest BCUT2D eigenvalue weighted by molar-refractivity contribution is 0.628. The van der Waals surface area contributed by atoms with Gasteiger partial charge in [0.05, 0.1) is 5.69 Å². The molecule has 0 bridgehead atoms. The number of rotatable bonds is 6. The molecule has 5 heteroatoms. The van der Waals surface area contributed by atoms with Crippen molar-refractivity contribution in [3.63, 3.8) is 0 Å². The summed E-state index contributed by atoms with van der Waals surface area (Å²) in [4.78, 5) is 8.37. The molecule has 0 atom stereocenters. The Morgan fingerprint density at radius 3 is 2.58 bits per heavy atom. The molecule has 122 valence electrons. The van der Waals surface area contributed by atoms with E-state index in [4.69, 9.17) is 5.73 Å². The van der Waals surface area contributed by atoms with Gasteiger partial charge in [0, 0.05) is 18.2 Å². The molecule has 3 N–H and O–H groups in total. The topological polar surface area (TPSA) is 63.8 Å². The van der Waals surface area contributed by atoms with Crippen molar-refractivity contribution in [2.45, 2.75) is 12.8 Å². The molecule has 0 radical (unpaired) electrons. The SMILES string of the molecule is Nc1nc(NCCCc2ccccc2)cc(-c2cccc(F)c2)n1. The first-order valence-corrected chi connectivity index (χ1v) is 7.89. The number of hydrogen-bond acceptors (Lipinski definition) is 4. The van der Waals surface area contributed by atoms with Gasteiger partial charge in [0.1, 0.15) is 11.6 Å². The summed E-state index contributed by atoms with van der Waals surface area (Å²) in [6.07, 6.45) is 1.97. The van der Waals surface area contributed by atoms with Crippen LogP contribution in [0.3, 0.4) is 0 Å². The van der Waals surface area contributed by atoms with Crippen LogP contribution >= 0.6 is 0 Å². The van der Waals surface area contributed by atoms with Crippen molar-refractivity contribution in [3.8, 4) is 11.3 Å². The van der Waals surface area contributed by atoms with E-state index in [0.717, 1.165) is 19.4 Å². The van der Waals surface area contributed by atoms with Crippen molar-refractivity contribution in [1.82, 2.24) is 9.97 Å². The van der Waals surface area contributed by atoms with Crippen LogP contribution in [0.15, 0.2) is 60.7 Å². The Bertz CT molecular complexity index is 805. The van der Waals surface area contributed by atoms with E-state index in [1.807, 2.05) is 18.2 Å². The van der Waals surface area contributed by atoms with E-state index < -0.39 is 0 Å². The maximum absolute atomic E-state index is 13.4. The van der Waals surface area contributed by atoms with Crippen molar-refractivity contribution in [3.05, 3.63) is 72.0 Å². The standard InChI is InChI=1S/C19H19FN4/c20-16-10-4-9-15(12-16)17-13-18(24-19(21)23-17)22-11-5-8-14-6-2-1-3-7-14/h1-4,6-7,9-10,12-13H,5,8,11H2,(H3,21,22,23,24). The lowest BCUT2D eigenvalue weighted by Crippen LogP contribution is -2.07. The fraction of sp³-hybridized carbons (Fsp3) is 0.158. The largest absolute Gasteiger partial charge is 0.370 e. The first-order valence-electron chi connectivity index (χ1n) is 7.89. The first kappa shape index (κ1) is 15.9. The van der Waals surface area contributed by atoms with Crippen LogP contribution in [-0.2, 0) is 6.42 Å². The molecule has 0 unspecified atom stereocenters. The lowest BCUT2D eigenvalue weighted by atomic mass is 10.1. The maximum atomic E-state index is 13.4. The molecule has 0 saturated heterocycles. The van der Waals surface area contributed by atoms with Crippen LogP contribution in [0.5, 0.6) is 0 Å². The van der Waals surface area contributed by atoms with Crippen molar-refractivity contribution in [2.24, 2.45) is 0 Å². The zero-order valence-electron chi connectivity index (χ0n) is 13.2. The molecule has 0 amide bonds. The van der Waals surface area contributed by atoms with Gasteiger partial charge in [0.15, 0.2) is 0 Å². The van der Waals surface area contributed by atoms with E-state index >= 15 is 0 Å². The van der Waals surface area contributed by atoms with Crippen molar-refractivity contribution >= 4 is 11.8 Å². The minimum atomic E-state index is -0.304. The van der Waals surface area contributed by atoms with Gasteiger partial charge in [-0.2, -0.15) is 4.98 Å². The second kappa shape index (κ2) is 7.55. The van der Waals surface area contributed by atoms with Crippen molar-refractivity contribution < 1.29 is 4.39 Å². The van der Waals surface area contributed by atoms with Gasteiger partial charge in [-0.05, 0) is 30.5 Å². The highest BCUT2D eigenvalue weighted by atomic mass is 19.1. The highest BCUT2D eigenvalue weighted by molar-refractivity contribution is 5.64. The number of nitrogens with zero attached hydrogens (tertiary/aromatic N) is 2. The van der Waals surface area contributed by atoms with E-state index in [-0.39, 0.29) is 11.8 Å². The molecular weight excluding hydrogens is 303 g/mol. The molecule has 0 aliphatic carbocycles. The molecule has 3 aromatic rings. The zero-order valence-corrected chi connectivity index (χ0v) is 13.2. The van der Waals surface area contributed by atoms with Gasteiger partial charge < -0.3 is 11.1 Å². The number of benzene rings is 2. The number of anilines is 2. The summed E-state index contributed by atoms with van der Waals surface area (Å²) in [5.74, 6) is 0.513. The van der Waals surface area contributed by atoms with E-state index in [1.165, 1.54) is 17.7 Å². The van der Waals surface area contributed by atoms with Gasteiger partial charge in [-0.15, -0.1) is 0 Å². The highest BCUT2D eigenvalue weighted by Crippen LogP contribution is 2.21. The predicted molar refractivity (Wildman–Crippen MR) is 95.1 cm³/mol. The molecule has 0 aliphatic heterocycles. The Kier molecular flexibility index (Phi) is 5.01. The van der Waals surface area contributed by atoms with Crippen LogP contribution in [0.1, 0.15) is 12.0 Å².